The van der Waals surface area contributed by atoms with Crippen molar-refractivity contribution in [2.24, 2.45) is 0 Å². The molecule has 0 aliphatic heterocycles. The Kier molecular flexibility index (Phi) is 3.47. The summed E-state index contributed by atoms with van der Waals surface area (Å²) in [5.74, 6) is 0.525. The zero-order chi connectivity index (χ0) is 14.7. The Morgan fingerprint density at radius 3 is 2.67 bits per heavy atom. The molecule has 0 bridgehead atoms. The van der Waals surface area contributed by atoms with Crippen LogP contribution < -0.4 is 4.74 Å². The molecule has 0 amide bonds. The van der Waals surface area contributed by atoms with Crippen LogP contribution >= 0.6 is 0 Å². The lowest BCUT2D eigenvalue weighted by molar-refractivity contribution is 0.101. The van der Waals surface area contributed by atoms with E-state index in [-0.39, 0.29) is 11.8 Å². The molecule has 104 valence electrons. The van der Waals surface area contributed by atoms with Gasteiger partial charge in [-0.2, -0.15) is 4.98 Å². The summed E-state index contributed by atoms with van der Waals surface area (Å²) in [5.41, 5.74) is 1.49. The topological polar surface area (TPSA) is 57.0 Å². The molecule has 2 aromatic carbocycles. The molecule has 1 heterocycles. The Labute approximate surface area is 121 Å². The summed E-state index contributed by atoms with van der Waals surface area (Å²) in [6, 6.07) is 16.8. The summed E-state index contributed by atoms with van der Waals surface area (Å²) >= 11 is 0. The van der Waals surface area contributed by atoms with E-state index in [4.69, 9.17) is 4.74 Å². The first-order valence-electron chi connectivity index (χ1n) is 6.48. The highest BCUT2D eigenvalue weighted by molar-refractivity contribution is 5.94. The van der Waals surface area contributed by atoms with E-state index >= 15 is 0 Å². The molecule has 21 heavy (non-hydrogen) atoms. The summed E-state index contributed by atoms with van der Waals surface area (Å²) < 4.78 is 7.21. The van der Waals surface area contributed by atoms with Crippen molar-refractivity contribution in [3.8, 4) is 17.4 Å². The van der Waals surface area contributed by atoms with Crippen molar-refractivity contribution in [1.82, 2.24) is 14.8 Å². The first kappa shape index (κ1) is 13.1. The van der Waals surface area contributed by atoms with Crippen molar-refractivity contribution in [3.63, 3.8) is 0 Å². The molecule has 0 radical (unpaired) electrons. The van der Waals surface area contributed by atoms with Gasteiger partial charge in [0.1, 0.15) is 12.1 Å². The minimum Gasteiger partial charge on any atom is -0.423 e. The molecule has 5 nitrogen and oxygen atoms in total. The van der Waals surface area contributed by atoms with E-state index in [9.17, 15) is 4.79 Å². The molecular formula is C16H13N3O2. The summed E-state index contributed by atoms with van der Waals surface area (Å²) in [7, 11) is 0. The number of ether oxygens (including phenoxy) is 1. The molecular weight excluding hydrogens is 266 g/mol. The van der Waals surface area contributed by atoms with E-state index in [1.807, 2.05) is 30.3 Å². The van der Waals surface area contributed by atoms with Crippen molar-refractivity contribution in [2.75, 3.05) is 0 Å². The van der Waals surface area contributed by atoms with Gasteiger partial charge in [-0.15, -0.1) is 5.10 Å². The van der Waals surface area contributed by atoms with E-state index in [1.165, 1.54) is 6.92 Å². The third-order valence-electron chi connectivity index (χ3n) is 2.94. The lowest BCUT2D eigenvalue weighted by Crippen LogP contribution is -1.95. The molecule has 0 aliphatic rings. The molecule has 0 atom stereocenters. The van der Waals surface area contributed by atoms with Gasteiger partial charge in [0.15, 0.2) is 5.78 Å². The van der Waals surface area contributed by atoms with Crippen LogP contribution in [0.15, 0.2) is 60.9 Å². The van der Waals surface area contributed by atoms with Gasteiger partial charge in [-0.25, -0.2) is 4.68 Å². The van der Waals surface area contributed by atoms with E-state index in [0.29, 0.717) is 11.3 Å². The number of para-hydroxylation sites is 1. The van der Waals surface area contributed by atoms with Crippen LogP contribution in [0, 0.1) is 0 Å². The fourth-order valence-electron chi connectivity index (χ4n) is 1.88. The molecule has 5 heteroatoms. The molecule has 0 saturated heterocycles. The third-order valence-corrected chi connectivity index (χ3v) is 2.94. The van der Waals surface area contributed by atoms with Crippen molar-refractivity contribution in [1.29, 1.82) is 0 Å². The highest BCUT2D eigenvalue weighted by Gasteiger charge is 2.06. The second-order valence-corrected chi connectivity index (χ2v) is 4.49. The maximum Gasteiger partial charge on any atom is 0.341 e. The number of carbonyl (C=O) groups excluding carboxylic acids is 1. The van der Waals surface area contributed by atoms with E-state index in [0.717, 1.165) is 5.69 Å². The predicted octanol–water partition coefficient (Wildman–Crippen LogP) is 3.26. The van der Waals surface area contributed by atoms with E-state index in [1.54, 1.807) is 35.3 Å². The summed E-state index contributed by atoms with van der Waals surface area (Å²) in [4.78, 5) is 15.5. The fourth-order valence-corrected chi connectivity index (χ4v) is 1.88. The number of ketones is 1. The van der Waals surface area contributed by atoms with Gasteiger partial charge < -0.3 is 4.74 Å². The highest BCUT2D eigenvalue weighted by Crippen LogP contribution is 2.19. The minimum absolute atomic E-state index is 0.0109. The normalized spacial score (nSPS) is 10.3. The van der Waals surface area contributed by atoms with Gasteiger partial charge in [-0.1, -0.05) is 30.3 Å². The number of Topliss-reactive ketones (excluding diaryl/α,β-unsaturated/α-hetero) is 1. The van der Waals surface area contributed by atoms with Gasteiger partial charge in [0.25, 0.3) is 0 Å². The van der Waals surface area contributed by atoms with Crippen molar-refractivity contribution in [2.45, 2.75) is 6.92 Å². The number of benzene rings is 2. The standard InChI is InChI=1S/C16H13N3O2/c1-12(20)13-6-5-9-15(10-13)21-16-17-11-19(18-16)14-7-3-2-4-8-14/h2-11H,1H3. The monoisotopic (exact) mass is 279 g/mol. The predicted molar refractivity (Wildman–Crippen MR) is 77.9 cm³/mol. The zero-order valence-electron chi connectivity index (χ0n) is 11.4. The Bertz CT molecular complexity index is 766. The van der Waals surface area contributed by atoms with Gasteiger partial charge in [0, 0.05) is 5.56 Å². The molecule has 3 rings (SSSR count). The van der Waals surface area contributed by atoms with Gasteiger partial charge in [-0.05, 0) is 31.2 Å². The van der Waals surface area contributed by atoms with Crippen LogP contribution in [0.4, 0.5) is 0 Å². The largest absolute Gasteiger partial charge is 0.423 e. The summed E-state index contributed by atoms with van der Waals surface area (Å²) in [6.45, 7) is 1.52. The first-order valence-corrected chi connectivity index (χ1v) is 6.48. The third kappa shape index (κ3) is 2.97. The number of rotatable bonds is 4. The number of carbonyl (C=O) groups is 1. The van der Waals surface area contributed by atoms with Crippen LogP contribution in [0.3, 0.4) is 0 Å². The molecule has 0 unspecified atom stereocenters. The molecule has 0 saturated carbocycles. The Balaban J connectivity index is 1.82. The summed E-state index contributed by atoms with van der Waals surface area (Å²) in [5, 5.41) is 4.25. The van der Waals surface area contributed by atoms with Crippen molar-refractivity contribution < 1.29 is 9.53 Å². The second kappa shape index (κ2) is 5.58. The molecule has 0 spiro atoms. The van der Waals surface area contributed by atoms with Gasteiger partial charge in [-0.3, -0.25) is 4.79 Å². The second-order valence-electron chi connectivity index (χ2n) is 4.49. The van der Waals surface area contributed by atoms with Gasteiger partial charge in [0.05, 0.1) is 5.69 Å². The Morgan fingerprint density at radius 2 is 1.90 bits per heavy atom. The van der Waals surface area contributed by atoms with Crippen LogP contribution in [0.1, 0.15) is 17.3 Å². The van der Waals surface area contributed by atoms with Crippen molar-refractivity contribution >= 4 is 5.78 Å². The van der Waals surface area contributed by atoms with Crippen molar-refractivity contribution in [3.05, 3.63) is 66.5 Å². The Morgan fingerprint density at radius 1 is 1.10 bits per heavy atom. The molecule has 0 N–H and O–H groups in total. The SMILES string of the molecule is CC(=O)c1cccc(Oc2ncn(-c3ccccc3)n2)c1. The molecule has 1 aromatic heterocycles. The lowest BCUT2D eigenvalue weighted by atomic mass is 10.1. The number of hydrogen-bond acceptors (Lipinski definition) is 4. The fraction of sp³-hybridized carbons (Fsp3) is 0.0625. The van der Waals surface area contributed by atoms with Gasteiger partial charge in [0.2, 0.25) is 0 Å². The number of aromatic nitrogens is 3. The number of hydrogen-bond donors (Lipinski definition) is 0. The molecule has 0 fully saturated rings. The van der Waals surface area contributed by atoms with Crippen LogP contribution in [0.2, 0.25) is 0 Å². The quantitative estimate of drug-likeness (QED) is 0.688. The van der Waals surface area contributed by atoms with Crippen LogP contribution in [-0.4, -0.2) is 20.5 Å². The average Bonchev–Trinajstić information content (AvgIpc) is 2.97. The van der Waals surface area contributed by atoms with Crippen LogP contribution in [0.25, 0.3) is 5.69 Å². The Hall–Kier alpha value is -2.95. The highest BCUT2D eigenvalue weighted by atomic mass is 16.5. The zero-order valence-corrected chi connectivity index (χ0v) is 11.4. The maximum absolute atomic E-state index is 11.3. The van der Waals surface area contributed by atoms with Gasteiger partial charge >= 0.3 is 6.01 Å². The number of nitrogens with zero attached hydrogens (tertiary/aromatic N) is 3. The molecule has 0 aliphatic carbocycles. The minimum atomic E-state index is -0.0109. The van der Waals surface area contributed by atoms with E-state index < -0.39 is 0 Å². The van der Waals surface area contributed by atoms with Crippen LogP contribution in [-0.2, 0) is 0 Å². The lowest BCUT2D eigenvalue weighted by Gasteiger charge is -2.02. The molecule has 3 aromatic rings. The average molecular weight is 279 g/mol. The van der Waals surface area contributed by atoms with E-state index in [2.05, 4.69) is 10.1 Å². The first-order chi connectivity index (χ1) is 10.2. The smallest absolute Gasteiger partial charge is 0.341 e. The summed E-state index contributed by atoms with van der Waals surface area (Å²) in [6.07, 6.45) is 1.58. The van der Waals surface area contributed by atoms with Crippen LogP contribution in [0.5, 0.6) is 11.8 Å². The maximum atomic E-state index is 11.3.